The number of hydrogen-bond acceptors (Lipinski definition) is 8. The zero-order valence-corrected chi connectivity index (χ0v) is 16.7. The lowest BCUT2D eigenvalue weighted by Gasteiger charge is -2.27. The number of morpholine rings is 1. The van der Waals surface area contributed by atoms with Gasteiger partial charge in [-0.1, -0.05) is 11.8 Å². The molecule has 0 spiro atoms. The molecule has 2 aromatic rings. The number of carbonyl (C=O) groups is 2. The van der Waals surface area contributed by atoms with Crippen LogP contribution >= 0.6 is 11.8 Å². The molecule has 1 N–H and O–H groups in total. The van der Waals surface area contributed by atoms with Crippen molar-refractivity contribution in [2.45, 2.75) is 18.6 Å². The molecular weight excluding hydrogens is 382 g/mol. The van der Waals surface area contributed by atoms with Crippen LogP contribution < -0.4 is 10.2 Å². The second-order valence-corrected chi connectivity index (χ2v) is 6.97. The van der Waals surface area contributed by atoms with Gasteiger partial charge < -0.3 is 19.7 Å². The number of thioether (sulfide) groups is 1. The highest BCUT2D eigenvalue weighted by atomic mass is 32.2. The van der Waals surface area contributed by atoms with E-state index in [0.717, 1.165) is 25.6 Å². The smallest absolute Gasteiger partial charge is 0.337 e. The zero-order valence-electron chi connectivity index (χ0n) is 15.9. The Hall–Kier alpha value is -2.59. The summed E-state index contributed by atoms with van der Waals surface area (Å²) in [6, 6.07) is 6.55. The van der Waals surface area contributed by atoms with Crippen molar-refractivity contribution in [1.82, 2.24) is 14.8 Å². The van der Waals surface area contributed by atoms with Crippen LogP contribution in [0, 0.1) is 0 Å². The van der Waals surface area contributed by atoms with Gasteiger partial charge in [-0.15, -0.1) is 10.2 Å². The van der Waals surface area contributed by atoms with Crippen LogP contribution in [0.3, 0.4) is 0 Å². The summed E-state index contributed by atoms with van der Waals surface area (Å²) in [5.74, 6) is 0.449. The maximum atomic E-state index is 12.3. The topological polar surface area (TPSA) is 98.6 Å². The Labute approximate surface area is 167 Å². The number of ether oxygens (including phenoxy) is 2. The van der Waals surface area contributed by atoms with Gasteiger partial charge in [0.05, 0.1) is 31.6 Å². The third kappa shape index (κ3) is 4.82. The first-order valence-corrected chi connectivity index (χ1v) is 9.98. The highest BCUT2D eigenvalue weighted by Gasteiger charge is 2.20. The molecule has 10 heteroatoms. The molecule has 2 heterocycles. The molecule has 3 rings (SSSR count). The highest BCUT2D eigenvalue weighted by Crippen LogP contribution is 2.23. The number of hydrogen-bond donors (Lipinski definition) is 1. The van der Waals surface area contributed by atoms with E-state index in [-0.39, 0.29) is 11.7 Å². The minimum Gasteiger partial charge on any atom is -0.465 e. The average Bonchev–Trinajstić information content (AvgIpc) is 3.16. The molecule has 1 fully saturated rings. The molecule has 9 nitrogen and oxygen atoms in total. The van der Waals surface area contributed by atoms with Crippen molar-refractivity contribution in [3.63, 3.8) is 0 Å². The molecule has 1 saturated heterocycles. The Morgan fingerprint density at radius 3 is 2.57 bits per heavy atom. The van der Waals surface area contributed by atoms with Crippen LogP contribution in [0.25, 0.3) is 0 Å². The van der Waals surface area contributed by atoms with E-state index in [4.69, 9.17) is 4.74 Å². The maximum absolute atomic E-state index is 12.3. The van der Waals surface area contributed by atoms with Crippen molar-refractivity contribution < 1.29 is 19.1 Å². The van der Waals surface area contributed by atoms with Crippen molar-refractivity contribution in [2.75, 3.05) is 49.4 Å². The van der Waals surface area contributed by atoms with Crippen molar-refractivity contribution >= 4 is 35.3 Å². The molecular formula is C18H23N5O4S. The van der Waals surface area contributed by atoms with E-state index in [0.29, 0.717) is 29.6 Å². The maximum Gasteiger partial charge on any atom is 0.337 e. The molecule has 0 aliphatic carbocycles. The lowest BCUT2D eigenvalue weighted by molar-refractivity contribution is -0.113. The number of rotatable bonds is 7. The number of carbonyl (C=O) groups excluding carboxylic acids is 2. The van der Waals surface area contributed by atoms with Crippen molar-refractivity contribution in [1.29, 1.82) is 0 Å². The molecule has 1 aliphatic heterocycles. The SMILES string of the molecule is CCn1c(SCC(=O)Nc2ccc(C(=O)OC)cc2)nnc1N1CCOCC1. The molecule has 1 aliphatic rings. The molecule has 1 aromatic carbocycles. The number of amides is 1. The highest BCUT2D eigenvalue weighted by molar-refractivity contribution is 7.99. The van der Waals surface area contributed by atoms with Gasteiger partial charge in [0.1, 0.15) is 0 Å². The number of aromatic nitrogens is 3. The summed E-state index contributed by atoms with van der Waals surface area (Å²) in [7, 11) is 1.33. The number of methoxy groups -OCH3 is 1. The lowest BCUT2D eigenvalue weighted by Crippen LogP contribution is -2.38. The molecule has 0 atom stereocenters. The molecule has 0 radical (unpaired) electrons. The van der Waals surface area contributed by atoms with Crippen molar-refractivity contribution in [3.8, 4) is 0 Å². The van der Waals surface area contributed by atoms with E-state index in [1.807, 2.05) is 11.5 Å². The van der Waals surface area contributed by atoms with Crippen LogP contribution in [0.4, 0.5) is 11.6 Å². The first kappa shape index (κ1) is 20.2. The Bertz CT molecular complexity index is 818. The van der Waals surface area contributed by atoms with Gasteiger partial charge in [0, 0.05) is 25.3 Å². The van der Waals surface area contributed by atoms with E-state index in [9.17, 15) is 9.59 Å². The Kier molecular flexibility index (Phi) is 6.88. The van der Waals surface area contributed by atoms with E-state index >= 15 is 0 Å². The molecule has 1 aromatic heterocycles. The first-order valence-electron chi connectivity index (χ1n) is 8.99. The fourth-order valence-electron chi connectivity index (χ4n) is 2.80. The Morgan fingerprint density at radius 1 is 1.21 bits per heavy atom. The fourth-order valence-corrected chi connectivity index (χ4v) is 3.59. The second kappa shape index (κ2) is 9.56. The van der Waals surface area contributed by atoms with Gasteiger partial charge in [0.2, 0.25) is 11.9 Å². The summed E-state index contributed by atoms with van der Waals surface area (Å²) < 4.78 is 12.0. The quantitative estimate of drug-likeness (QED) is 0.548. The summed E-state index contributed by atoms with van der Waals surface area (Å²) >= 11 is 1.34. The number of benzene rings is 1. The minimum absolute atomic E-state index is 0.158. The van der Waals surface area contributed by atoms with Gasteiger partial charge in [-0.05, 0) is 31.2 Å². The van der Waals surface area contributed by atoms with E-state index in [1.165, 1.54) is 18.9 Å². The number of anilines is 2. The molecule has 0 saturated carbocycles. The standard InChI is InChI=1S/C18H23N5O4S/c1-3-23-17(22-8-10-27-11-9-22)20-21-18(23)28-12-15(24)19-14-6-4-13(5-7-14)16(25)26-2/h4-7H,3,8-12H2,1-2H3,(H,19,24). The van der Waals surface area contributed by atoms with Crippen molar-refractivity contribution in [3.05, 3.63) is 29.8 Å². The summed E-state index contributed by atoms with van der Waals surface area (Å²) in [5.41, 5.74) is 1.05. The summed E-state index contributed by atoms with van der Waals surface area (Å²) in [5, 5.41) is 12.1. The Morgan fingerprint density at radius 2 is 1.93 bits per heavy atom. The van der Waals surface area contributed by atoms with Crippen LogP contribution in [0.5, 0.6) is 0 Å². The van der Waals surface area contributed by atoms with Crippen LogP contribution in [-0.4, -0.2) is 65.8 Å². The van der Waals surface area contributed by atoms with Gasteiger partial charge in [-0.3, -0.25) is 9.36 Å². The monoisotopic (exact) mass is 405 g/mol. The average molecular weight is 405 g/mol. The molecule has 0 bridgehead atoms. The Balaban J connectivity index is 1.57. The third-order valence-corrected chi connectivity index (χ3v) is 5.20. The van der Waals surface area contributed by atoms with E-state index in [2.05, 4.69) is 25.2 Å². The summed E-state index contributed by atoms with van der Waals surface area (Å²) in [6.07, 6.45) is 0. The van der Waals surface area contributed by atoms with Gasteiger partial charge in [0.25, 0.3) is 0 Å². The molecule has 150 valence electrons. The number of nitrogens with one attached hydrogen (secondary N) is 1. The zero-order chi connectivity index (χ0) is 19.9. The molecule has 1 amide bonds. The predicted octanol–water partition coefficient (Wildman–Crippen LogP) is 1.65. The second-order valence-electron chi connectivity index (χ2n) is 6.03. The molecule has 0 unspecified atom stereocenters. The number of nitrogens with zero attached hydrogens (tertiary/aromatic N) is 4. The van der Waals surface area contributed by atoms with E-state index in [1.54, 1.807) is 24.3 Å². The summed E-state index contributed by atoms with van der Waals surface area (Å²) in [6.45, 7) is 5.67. The fraction of sp³-hybridized carbons (Fsp3) is 0.444. The first-order chi connectivity index (χ1) is 13.6. The normalized spacial score (nSPS) is 14.0. The van der Waals surface area contributed by atoms with Crippen LogP contribution in [0.15, 0.2) is 29.4 Å². The van der Waals surface area contributed by atoms with Crippen LogP contribution in [0.1, 0.15) is 17.3 Å². The predicted molar refractivity (Wildman–Crippen MR) is 106 cm³/mol. The third-order valence-electron chi connectivity index (χ3n) is 4.23. The minimum atomic E-state index is -0.414. The van der Waals surface area contributed by atoms with Gasteiger partial charge >= 0.3 is 5.97 Å². The van der Waals surface area contributed by atoms with Crippen LogP contribution in [-0.2, 0) is 20.8 Å². The van der Waals surface area contributed by atoms with Crippen molar-refractivity contribution in [2.24, 2.45) is 0 Å². The van der Waals surface area contributed by atoms with E-state index < -0.39 is 5.97 Å². The molecule has 28 heavy (non-hydrogen) atoms. The lowest BCUT2D eigenvalue weighted by atomic mass is 10.2. The summed E-state index contributed by atoms with van der Waals surface area (Å²) in [4.78, 5) is 25.9. The van der Waals surface area contributed by atoms with Crippen LogP contribution in [0.2, 0.25) is 0 Å². The largest absolute Gasteiger partial charge is 0.465 e. The van der Waals surface area contributed by atoms with Gasteiger partial charge in [-0.25, -0.2) is 4.79 Å². The number of esters is 1. The van der Waals surface area contributed by atoms with Gasteiger partial charge in [-0.2, -0.15) is 0 Å². The van der Waals surface area contributed by atoms with Gasteiger partial charge in [0.15, 0.2) is 5.16 Å².